The lowest BCUT2D eigenvalue weighted by molar-refractivity contribution is -0.296. The first kappa shape index (κ1) is 36.0. The van der Waals surface area contributed by atoms with E-state index in [2.05, 4.69) is 0 Å². The number of esters is 5. The van der Waals surface area contributed by atoms with Gasteiger partial charge in [0, 0.05) is 63.2 Å². The summed E-state index contributed by atoms with van der Waals surface area (Å²) >= 11 is 0. The van der Waals surface area contributed by atoms with Crippen LogP contribution >= 0.6 is 0 Å². The largest absolute Gasteiger partial charge is 0.462 e. The minimum absolute atomic E-state index is 0.156. The van der Waals surface area contributed by atoms with Gasteiger partial charge in [0.1, 0.15) is 48.0 Å². The molecule has 3 N–H and O–H groups in total. The number of Topliss-reactive ketones (excluding diaryl/α,β-unsaturated/α-hetero) is 1. The van der Waals surface area contributed by atoms with Gasteiger partial charge in [-0.3, -0.25) is 24.0 Å². The molecule has 0 aromatic rings. The number of rotatable bonds is 4. The van der Waals surface area contributed by atoms with Crippen molar-refractivity contribution in [1.82, 2.24) is 0 Å². The van der Waals surface area contributed by atoms with Gasteiger partial charge in [0.25, 0.3) is 0 Å². The molecule has 2 saturated heterocycles. The Morgan fingerprint density at radius 2 is 1.33 bits per heavy atom. The molecule has 6 fully saturated rings. The fourth-order valence-electron chi connectivity index (χ4n) is 12.2. The zero-order chi connectivity index (χ0) is 37.7. The zero-order valence-electron chi connectivity index (χ0n) is 30.0. The lowest BCUT2D eigenvalue weighted by Crippen LogP contribution is -2.80. The van der Waals surface area contributed by atoms with Crippen LogP contribution in [0.5, 0.6) is 0 Å². The molecule has 51 heavy (non-hydrogen) atoms. The number of allylic oxidation sites excluding steroid dienone is 1. The van der Waals surface area contributed by atoms with Crippen LogP contribution in [0.4, 0.5) is 0 Å². The molecule has 0 aromatic heterocycles. The van der Waals surface area contributed by atoms with Crippen molar-refractivity contribution in [3.8, 4) is 0 Å². The van der Waals surface area contributed by atoms with Crippen molar-refractivity contribution in [1.29, 1.82) is 0 Å². The van der Waals surface area contributed by atoms with E-state index in [-0.39, 0.29) is 12.2 Å². The Labute approximate surface area is 294 Å². The monoisotopic (exact) mass is 718 g/mol. The van der Waals surface area contributed by atoms with Gasteiger partial charge in [-0.1, -0.05) is 20.8 Å². The lowest BCUT2D eigenvalue weighted by atomic mass is 9.40. The minimum Gasteiger partial charge on any atom is -0.462 e. The van der Waals surface area contributed by atoms with E-state index in [1.54, 1.807) is 19.9 Å². The molecule has 280 valence electrons. The average Bonchev–Trinajstić information content (AvgIpc) is 3.67. The number of aliphatic hydroxyl groups excluding tert-OH is 1. The van der Waals surface area contributed by atoms with Gasteiger partial charge < -0.3 is 43.7 Å². The molecule has 7 rings (SSSR count). The summed E-state index contributed by atoms with van der Waals surface area (Å²) in [5, 5.41) is 36.7. The predicted octanol–water partition coefficient (Wildman–Crippen LogP) is 0.528. The molecule has 0 aromatic carbocycles. The molecule has 5 aliphatic carbocycles. The van der Waals surface area contributed by atoms with Crippen LogP contribution in [-0.4, -0.2) is 105 Å². The van der Waals surface area contributed by atoms with Gasteiger partial charge in [-0.2, -0.15) is 0 Å². The first-order valence-electron chi connectivity index (χ1n) is 17.5. The predicted molar refractivity (Wildman–Crippen MR) is 167 cm³/mol. The highest BCUT2D eigenvalue weighted by molar-refractivity contribution is 5.94. The smallest absolute Gasteiger partial charge is 0.343 e. The van der Waals surface area contributed by atoms with Gasteiger partial charge in [0.05, 0.1) is 16.9 Å². The standard InChI is InChI=1S/C36H46O15/c1-12-10-18-33(7,35(9,44)31(43)51-18)23-20(12)32(6)21(26(23)46-13(2)37)19-22(27(47-14(3)38)29(32)48-15(4)39)34(8)30(49-16(5)40)25-17(50-25)11-36(34,45)28(42)24(19)41/h10,12,17,19-27,29-30,41,44-45H,11H2,1-9H3/t12-,17+,19+,20+,21-,22?,23+,24-,25+,26-,27+,29+,30+,32-,33+,34+,35-,36+/m1/s1. The Hall–Kier alpha value is -3.40. The van der Waals surface area contributed by atoms with Gasteiger partial charge >= 0.3 is 29.8 Å². The molecule has 2 aliphatic heterocycles. The van der Waals surface area contributed by atoms with Crippen LogP contribution in [0.15, 0.2) is 11.8 Å². The minimum atomic E-state index is -2.38. The van der Waals surface area contributed by atoms with Crippen LogP contribution < -0.4 is 0 Å². The first-order chi connectivity index (χ1) is 23.5. The summed E-state index contributed by atoms with van der Waals surface area (Å²) in [6, 6.07) is 0. The zero-order valence-corrected chi connectivity index (χ0v) is 30.0. The molecule has 18 atom stereocenters. The van der Waals surface area contributed by atoms with E-state index in [4.69, 9.17) is 28.4 Å². The van der Waals surface area contributed by atoms with Crippen molar-refractivity contribution in [2.24, 2.45) is 51.8 Å². The van der Waals surface area contributed by atoms with Gasteiger partial charge in [0.15, 0.2) is 11.4 Å². The number of carbonyl (C=O) groups excluding carboxylic acids is 6. The quantitative estimate of drug-likeness (QED) is 0.205. The normalized spacial score (nSPS) is 53.0. The second-order valence-corrected chi connectivity index (χ2v) is 16.6. The molecule has 0 bridgehead atoms. The molecule has 7 aliphatic rings. The van der Waals surface area contributed by atoms with Gasteiger partial charge in [-0.15, -0.1) is 0 Å². The van der Waals surface area contributed by atoms with Crippen LogP contribution in [0.25, 0.3) is 0 Å². The van der Waals surface area contributed by atoms with Crippen molar-refractivity contribution in [2.75, 3.05) is 0 Å². The third-order valence-corrected chi connectivity index (χ3v) is 14.2. The van der Waals surface area contributed by atoms with Crippen molar-refractivity contribution in [3.63, 3.8) is 0 Å². The summed E-state index contributed by atoms with van der Waals surface area (Å²) in [5.74, 6) is -10.7. The molecule has 2 heterocycles. The van der Waals surface area contributed by atoms with E-state index < -0.39 is 141 Å². The maximum Gasteiger partial charge on any atom is 0.343 e. The summed E-state index contributed by atoms with van der Waals surface area (Å²) in [4.78, 5) is 79.8. The summed E-state index contributed by atoms with van der Waals surface area (Å²) in [6.45, 7) is 12.7. The van der Waals surface area contributed by atoms with Crippen LogP contribution in [0.2, 0.25) is 0 Å². The molecule has 15 nitrogen and oxygen atoms in total. The molecule has 15 heteroatoms. The van der Waals surface area contributed by atoms with Gasteiger partial charge in [-0.25, -0.2) is 4.79 Å². The maximum atomic E-state index is 14.6. The molecular weight excluding hydrogens is 672 g/mol. The number of epoxide rings is 1. The van der Waals surface area contributed by atoms with Crippen molar-refractivity contribution in [3.05, 3.63) is 11.8 Å². The second-order valence-electron chi connectivity index (χ2n) is 16.6. The third-order valence-electron chi connectivity index (χ3n) is 14.2. The number of hydrogen-bond acceptors (Lipinski definition) is 15. The van der Waals surface area contributed by atoms with E-state index in [1.165, 1.54) is 27.7 Å². The van der Waals surface area contributed by atoms with Gasteiger partial charge in [0.2, 0.25) is 0 Å². The number of ketones is 1. The molecule has 1 unspecified atom stereocenters. The van der Waals surface area contributed by atoms with Gasteiger partial charge in [-0.05, 0) is 31.8 Å². The van der Waals surface area contributed by atoms with Crippen molar-refractivity contribution < 1.29 is 72.5 Å². The number of fused-ring (bicyclic) bond motifs is 10. The molecule has 0 spiro atoms. The topological polar surface area (TPSA) is 222 Å². The Morgan fingerprint density at radius 1 is 0.784 bits per heavy atom. The van der Waals surface area contributed by atoms with Crippen LogP contribution in [0.3, 0.4) is 0 Å². The van der Waals surface area contributed by atoms with Crippen LogP contribution in [0, 0.1) is 51.8 Å². The summed E-state index contributed by atoms with van der Waals surface area (Å²) < 4.78 is 35.8. The molecule has 4 saturated carbocycles. The van der Waals surface area contributed by atoms with E-state index in [1.807, 2.05) is 6.92 Å². The van der Waals surface area contributed by atoms with E-state index in [9.17, 15) is 44.1 Å². The Kier molecular flexibility index (Phi) is 7.64. The summed E-state index contributed by atoms with van der Waals surface area (Å²) in [6.07, 6.45) is -7.35. The fraction of sp³-hybridized carbons (Fsp3) is 0.778. The van der Waals surface area contributed by atoms with E-state index in [0.717, 1.165) is 13.8 Å². The summed E-state index contributed by atoms with van der Waals surface area (Å²) in [5.41, 5.74) is -9.32. The third kappa shape index (κ3) is 4.25. The number of hydrogen-bond donors (Lipinski definition) is 3. The first-order valence-corrected chi connectivity index (χ1v) is 17.5. The Bertz CT molecular complexity index is 1670. The van der Waals surface area contributed by atoms with Crippen LogP contribution in [0.1, 0.15) is 68.7 Å². The second kappa shape index (κ2) is 10.8. The van der Waals surface area contributed by atoms with Crippen molar-refractivity contribution >= 4 is 35.6 Å². The summed E-state index contributed by atoms with van der Waals surface area (Å²) in [7, 11) is 0. The van der Waals surface area contributed by atoms with E-state index in [0.29, 0.717) is 0 Å². The number of aliphatic hydroxyl groups is 3. The number of carbonyl (C=O) groups is 6. The molecule has 0 radical (unpaired) electrons. The van der Waals surface area contributed by atoms with Crippen LogP contribution in [-0.2, 0) is 57.2 Å². The van der Waals surface area contributed by atoms with Crippen molar-refractivity contribution in [2.45, 2.75) is 123 Å². The van der Waals surface area contributed by atoms with E-state index >= 15 is 0 Å². The highest BCUT2D eigenvalue weighted by atomic mass is 16.6. The number of ether oxygens (including phenoxy) is 6. The highest BCUT2D eigenvalue weighted by Gasteiger charge is 2.86. The highest BCUT2D eigenvalue weighted by Crippen LogP contribution is 2.76. The molecule has 0 amide bonds. The SMILES string of the molecule is CC(=O)O[C@@H]1[C@H]2[C@H]3C([C@H](OC(C)=O)[C@H](OC(C)=O)[C@]2(C)[C@@H]2[C@@H]1[C@]1(C)C(=C[C@H]2C)OC(=O)[C@@]1(C)O)[C@@]1(C)[C@@H](OC(C)=O)[C@H]2O[C@H]2C[C@]1(O)C(=O)[C@@H]3O. The Morgan fingerprint density at radius 3 is 1.90 bits per heavy atom. The molecular formula is C36H46O15. The lowest BCUT2D eigenvalue weighted by Gasteiger charge is -2.67. The average molecular weight is 719 g/mol. The maximum absolute atomic E-state index is 14.6. The Balaban J connectivity index is 1.55. The fourth-order valence-corrected chi connectivity index (χ4v) is 12.2.